The van der Waals surface area contributed by atoms with E-state index in [-0.39, 0.29) is 46.3 Å². The molecule has 1 unspecified atom stereocenters. The standard InChI is InChI=1S/C27H19F5N6O2/c1-3-40-26(39)23(15-10-33-24(34-11-15)16-8-7-14(2)9-18(16)27(30,31)32)38-13-21-20(12-35-38)36-25(37-21)17-5-4-6-19(28)22(17)29/h4-13,23H,3H2,1-2H3. The van der Waals surface area contributed by atoms with Crippen LogP contribution in [0.25, 0.3) is 34.2 Å². The van der Waals surface area contributed by atoms with Crippen LogP contribution in [-0.2, 0) is 15.7 Å². The molecule has 40 heavy (non-hydrogen) atoms. The topological polar surface area (TPSA) is 95.7 Å². The van der Waals surface area contributed by atoms with Gasteiger partial charge in [-0.2, -0.15) is 18.3 Å². The zero-order chi connectivity index (χ0) is 28.6. The van der Waals surface area contributed by atoms with E-state index in [4.69, 9.17) is 4.74 Å². The zero-order valence-corrected chi connectivity index (χ0v) is 20.9. The molecule has 0 fully saturated rings. The number of aromatic nitrogens is 6. The van der Waals surface area contributed by atoms with E-state index in [2.05, 4.69) is 25.0 Å². The molecule has 204 valence electrons. The lowest BCUT2D eigenvalue weighted by Gasteiger charge is -2.19. The Hall–Kier alpha value is -4.81. The number of imidazole rings is 1. The number of esters is 1. The van der Waals surface area contributed by atoms with Gasteiger partial charge in [0.2, 0.25) is 0 Å². The van der Waals surface area contributed by atoms with Crippen molar-refractivity contribution in [2.24, 2.45) is 0 Å². The van der Waals surface area contributed by atoms with Crippen LogP contribution in [0.2, 0.25) is 0 Å². The summed E-state index contributed by atoms with van der Waals surface area (Å²) in [5.41, 5.74) is -0.179. The summed E-state index contributed by atoms with van der Waals surface area (Å²) in [6.45, 7) is 3.19. The highest BCUT2D eigenvalue weighted by molar-refractivity contribution is 5.78. The van der Waals surface area contributed by atoms with Crippen LogP contribution in [0.5, 0.6) is 0 Å². The Morgan fingerprint density at radius 1 is 0.975 bits per heavy atom. The van der Waals surface area contributed by atoms with Gasteiger partial charge in [0, 0.05) is 23.5 Å². The Balaban J connectivity index is 1.54. The fraction of sp³-hybridized carbons (Fsp3) is 0.185. The predicted octanol–water partition coefficient (Wildman–Crippen LogP) is 5.66. The second kappa shape index (κ2) is 10.4. The lowest BCUT2D eigenvalue weighted by atomic mass is 10.0. The molecule has 0 saturated carbocycles. The molecule has 0 saturated heterocycles. The zero-order valence-electron chi connectivity index (χ0n) is 20.9. The highest BCUT2D eigenvalue weighted by Crippen LogP contribution is 2.37. The molecule has 2 aliphatic rings. The monoisotopic (exact) mass is 554 g/mol. The van der Waals surface area contributed by atoms with Crippen molar-refractivity contribution in [1.82, 2.24) is 29.7 Å². The van der Waals surface area contributed by atoms with E-state index >= 15 is 0 Å². The molecular formula is C27H19F5N6O2. The minimum Gasteiger partial charge on any atom is -0.464 e. The van der Waals surface area contributed by atoms with E-state index in [0.29, 0.717) is 5.56 Å². The van der Waals surface area contributed by atoms with Crippen LogP contribution in [0, 0.1) is 18.6 Å². The van der Waals surface area contributed by atoms with Gasteiger partial charge in [-0.25, -0.2) is 33.5 Å². The molecule has 0 amide bonds. The number of alkyl halides is 3. The van der Waals surface area contributed by atoms with Gasteiger partial charge in [0.15, 0.2) is 29.3 Å². The molecule has 1 aromatic heterocycles. The second-order valence-corrected chi connectivity index (χ2v) is 8.71. The number of benzene rings is 2. The molecule has 0 radical (unpaired) electrons. The summed E-state index contributed by atoms with van der Waals surface area (Å²) in [7, 11) is 0. The number of hydrogen-bond acceptors (Lipinski definition) is 7. The fourth-order valence-electron chi connectivity index (χ4n) is 4.10. The lowest BCUT2D eigenvalue weighted by molar-refractivity contribution is -0.146. The number of aryl methyl sites for hydroxylation is 1. The number of hydrogen-bond donors (Lipinski definition) is 0. The number of ether oxygens (including phenoxy) is 1. The average molecular weight is 554 g/mol. The summed E-state index contributed by atoms with van der Waals surface area (Å²) < 4.78 is 75.3. The fourth-order valence-corrected chi connectivity index (χ4v) is 4.10. The van der Waals surface area contributed by atoms with Crippen LogP contribution < -0.4 is 0 Å². The summed E-state index contributed by atoms with van der Waals surface area (Å²) in [6.07, 6.45) is 0.451. The van der Waals surface area contributed by atoms with E-state index in [1.807, 2.05) is 0 Å². The first-order valence-corrected chi connectivity index (χ1v) is 11.9. The highest BCUT2D eigenvalue weighted by Gasteiger charge is 2.35. The SMILES string of the molecule is CCOC(=O)C(c1cnc(-c2ccc(C)cc2C(F)(F)F)nc1)n1cc2nc(-c3cccc(F)c3F)nc-2cn1. The normalized spacial score (nSPS) is 12.5. The van der Waals surface area contributed by atoms with E-state index in [1.54, 1.807) is 13.8 Å². The molecule has 3 aromatic rings. The predicted molar refractivity (Wildman–Crippen MR) is 132 cm³/mol. The van der Waals surface area contributed by atoms with Gasteiger partial charge in [-0.15, -0.1) is 0 Å². The molecule has 3 heterocycles. The van der Waals surface area contributed by atoms with Crippen LogP contribution in [0.4, 0.5) is 22.0 Å². The Kier molecular flexibility index (Phi) is 6.96. The van der Waals surface area contributed by atoms with Gasteiger partial charge in [0.25, 0.3) is 0 Å². The van der Waals surface area contributed by atoms with Crippen molar-refractivity contribution in [2.45, 2.75) is 26.1 Å². The van der Waals surface area contributed by atoms with Crippen LogP contribution in [-0.4, -0.2) is 42.3 Å². The van der Waals surface area contributed by atoms with E-state index in [1.165, 1.54) is 53.7 Å². The van der Waals surface area contributed by atoms with Gasteiger partial charge >= 0.3 is 12.1 Å². The van der Waals surface area contributed by atoms with Gasteiger partial charge in [-0.3, -0.25) is 4.68 Å². The first-order chi connectivity index (χ1) is 19.1. The van der Waals surface area contributed by atoms with Crippen molar-refractivity contribution >= 4 is 5.97 Å². The van der Waals surface area contributed by atoms with Gasteiger partial charge in [-0.05, 0) is 32.0 Å². The maximum atomic E-state index is 14.3. The number of carbonyl (C=O) groups excluding carboxylic acids is 1. The summed E-state index contributed by atoms with van der Waals surface area (Å²) in [5, 5.41) is 4.21. The molecule has 5 rings (SSSR count). The molecule has 0 spiro atoms. The Morgan fingerprint density at radius 2 is 1.70 bits per heavy atom. The largest absolute Gasteiger partial charge is 0.464 e. The first-order valence-electron chi connectivity index (χ1n) is 11.9. The molecule has 2 aromatic carbocycles. The summed E-state index contributed by atoms with van der Waals surface area (Å²) in [6, 6.07) is 6.19. The minimum atomic E-state index is -4.63. The number of halogens is 5. The third-order valence-electron chi connectivity index (χ3n) is 5.96. The minimum absolute atomic E-state index is 0.0363. The van der Waals surface area contributed by atoms with Crippen LogP contribution in [0.1, 0.15) is 29.7 Å². The number of fused-ring (bicyclic) bond motifs is 1. The Labute approximate surface area is 223 Å². The van der Waals surface area contributed by atoms with Crippen molar-refractivity contribution in [3.05, 3.63) is 89.5 Å². The molecule has 13 heteroatoms. The van der Waals surface area contributed by atoms with Crippen molar-refractivity contribution < 1.29 is 31.5 Å². The van der Waals surface area contributed by atoms with Crippen LogP contribution in [0.15, 0.2) is 61.2 Å². The van der Waals surface area contributed by atoms with Gasteiger partial charge < -0.3 is 4.74 Å². The molecule has 0 aliphatic carbocycles. The lowest BCUT2D eigenvalue weighted by Crippen LogP contribution is -2.25. The van der Waals surface area contributed by atoms with E-state index < -0.39 is 35.4 Å². The maximum Gasteiger partial charge on any atom is 0.417 e. The molecule has 1 atom stereocenters. The van der Waals surface area contributed by atoms with E-state index in [0.717, 1.165) is 12.1 Å². The molecular weight excluding hydrogens is 535 g/mol. The quantitative estimate of drug-likeness (QED) is 0.197. The van der Waals surface area contributed by atoms with Crippen LogP contribution >= 0.6 is 0 Å². The molecule has 0 bridgehead atoms. The Morgan fingerprint density at radius 3 is 2.40 bits per heavy atom. The smallest absolute Gasteiger partial charge is 0.417 e. The highest BCUT2D eigenvalue weighted by atomic mass is 19.4. The number of rotatable bonds is 6. The van der Waals surface area contributed by atoms with Crippen molar-refractivity contribution in [1.29, 1.82) is 0 Å². The molecule has 8 nitrogen and oxygen atoms in total. The average Bonchev–Trinajstić information content (AvgIpc) is 3.34. The second-order valence-electron chi connectivity index (χ2n) is 8.71. The van der Waals surface area contributed by atoms with Crippen LogP contribution in [0.3, 0.4) is 0 Å². The van der Waals surface area contributed by atoms with Gasteiger partial charge in [-0.1, -0.05) is 23.8 Å². The third-order valence-corrected chi connectivity index (χ3v) is 5.96. The van der Waals surface area contributed by atoms with Crippen molar-refractivity contribution in [3.8, 4) is 34.2 Å². The van der Waals surface area contributed by atoms with Gasteiger partial charge in [0.05, 0.1) is 30.1 Å². The maximum absolute atomic E-state index is 14.3. The summed E-state index contributed by atoms with van der Waals surface area (Å²) in [5.74, 6) is -3.17. The first kappa shape index (κ1) is 26.8. The van der Waals surface area contributed by atoms with Gasteiger partial charge in [0.1, 0.15) is 11.4 Å². The van der Waals surface area contributed by atoms with Crippen molar-refractivity contribution in [3.63, 3.8) is 0 Å². The number of nitrogens with zero attached hydrogens (tertiary/aromatic N) is 6. The number of carbonyl (C=O) groups is 1. The summed E-state index contributed by atoms with van der Waals surface area (Å²) in [4.78, 5) is 29.6. The van der Waals surface area contributed by atoms with E-state index in [9.17, 15) is 26.7 Å². The summed E-state index contributed by atoms with van der Waals surface area (Å²) >= 11 is 0. The molecule has 0 N–H and O–H groups in total. The van der Waals surface area contributed by atoms with Crippen molar-refractivity contribution in [2.75, 3.05) is 6.61 Å². The third kappa shape index (κ3) is 5.09. The molecule has 2 aliphatic heterocycles. The Bertz CT molecular complexity index is 1670.